The van der Waals surface area contributed by atoms with Gasteiger partial charge in [0.15, 0.2) is 5.65 Å². The van der Waals surface area contributed by atoms with E-state index in [1.54, 1.807) is 4.52 Å². The topological polar surface area (TPSA) is 73.7 Å². The van der Waals surface area contributed by atoms with E-state index in [1.165, 1.54) is 38.6 Å². The van der Waals surface area contributed by atoms with E-state index in [9.17, 15) is 9.59 Å². The second kappa shape index (κ2) is 9.38. The first-order valence-corrected chi connectivity index (χ1v) is 12.8. The minimum atomic E-state index is -0.0417. The molecule has 0 radical (unpaired) electrons. The van der Waals surface area contributed by atoms with E-state index in [-0.39, 0.29) is 11.5 Å². The highest BCUT2D eigenvalue weighted by molar-refractivity contribution is 5.76. The van der Waals surface area contributed by atoms with Gasteiger partial charge in [-0.2, -0.15) is 0 Å². The van der Waals surface area contributed by atoms with Gasteiger partial charge in [-0.25, -0.2) is 9.50 Å². The fraction of sp³-hybridized carbons (Fsp3) is 0.720. The maximum Gasteiger partial charge on any atom is 0.277 e. The molecule has 7 nitrogen and oxygen atoms in total. The van der Waals surface area contributed by atoms with Gasteiger partial charge in [0.2, 0.25) is 5.91 Å². The SMILES string of the molecule is CCCC(=O)N1CCc2nc3cc(C4CCN(CC5CCCCC5)CC4)[nH]n3c(=O)c2C1. The largest absolute Gasteiger partial charge is 0.338 e. The summed E-state index contributed by atoms with van der Waals surface area (Å²) >= 11 is 0. The van der Waals surface area contributed by atoms with Crippen LogP contribution >= 0.6 is 0 Å². The number of piperidine rings is 1. The Morgan fingerprint density at radius 3 is 2.66 bits per heavy atom. The van der Waals surface area contributed by atoms with E-state index >= 15 is 0 Å². The lowest BCUT2D eigenvalue weighted by molar-refractivity contribution is -0.132. The van der Waals surface area contributed by atoms with Gasteiger partial charge in [-0.05, 0) is 51.1 Å². The highest BCUT2D eigenvalue weighted by atomic mass is 16.2. The minimum Gasteiger partial charge on any atom is -0.338 e. The third-order valence-corrected chi connectivity index (χ3v) is 7.87. The number of nitrogens with one attached hydrogen (secondary N) is 1. The van der Waals surface area contributed by atoms with Gasteiger partial charge in [0.25, 0.3) is 5.56 Å². The Labute approximate surface area is 190 Å². The molecule has 5 rings (SSSR count). The molecule has 0 unspecified atom stereocenters. The standard InChI is InChI=1S/C25H37N5O2/c1-2-6-24(31)29-14-11-21-20(17-29)25(32)30-23(26-21)15-22(27-30)19-9-12-28(13-10-19)16-18-7-4-3-5-8-18/h15,18-19,27H,2-14,16-17H2,1H3. The van der Waals surface area contributed by atoms with Crippen molar-refractivity contribution in [2.45, 2.75) is 83.6 Å². The molecule has 2 aliphatic heterocycles. The number of hydrogen-bond donors (Lipinski definition) is 1. The van der Waals surface area contributed by atoms with Crippen molar-refractivity contribution in [1.82, 2.24) is 24.4 Å². The first-order valence-electron chi connectivity index (χ1n) is 12.8. The third-order valence-electron chi connectivity index (χ3n) is 7.87. The molecule has 0 aromatic carbocycles. The van der Waals surface area contributed by atoms with Crippen LogP contribution in [-0.4, -0.2) is 56.5 Å². The molecule has 2 aromatic rings. The van der Waals surface area contributed by atoms with Crippen LogP contribution in [0.4, 0.5) is 0 Å². The molecular formula is C25H37N5O2. The maximum absolute atomic E-state index is 13.2. The summed E-state index contributed by atoms with van der Waals surface area (Å²) in [5.41, 5.74) is 3.35. The number of rotatable bonds is 5. The van der Waals surface area contributed by atoms with Crippen molar-refractivity contribution in [3.8, 4) is 0 Å². The summed E-state index contributed by atoms with van der Waals surface area (Å²) in [5.74, 6) is 1.49. The van der Waals surface area contributed by atoms with Gasteiger partial charge in [-0.15, -0.1) is 0 Å². The van der Waals surface area contributed by atoms with Crippen LogP contribution in [0.2, 0.25) is 0 Å². The van der Waals surface area contributed by atoms with E-state index in [0.29, 0.717) is 37.4 Å². The summed E-state index contributed by atoms with van der Waals surface area (Å²) in [6.45, 7) is 6.60. The molecule has 0 spiro atoms. The zero-order chi connectivity index (χ0) is 22.1. The number of hydrogen-bond acceptors (Lipinski definition) is 4. The second-order valence-electron chi connectivity index (χ2n) is 10.1. The molecule has 174 valence electrons. The summed E-state index contributed by atoms with van der Waals surface area (Å²) in [5, 5.41) is 3.37. The quantitative estimate of drug-likeness (QED) is 0.774. The Kier molecular flexibility index (Phi) is 6.35. The Balaban J connectivity index is 1.28. The van der Waals surface area contributed by atoms with Crippen molar-refractivity contribution in [2.75, 3.05) is 26.2 Å². The second-order valence-corrected chi connectivity index (χ2v) is 10.1. The average molecular weight is 440 g/mol. The summed E-state index contributed by atoms with van der Waals surface area (Å²) in [6, 6.07) is 2.08. The van der Waals surface area contributed by atoms with Crippen LogP contribution in [-0.2, 0) is 17.8 Å². The zero-order valence-corrected chi connectivity index (χ0v) is 19.4. The highest BCUT2D eigenvalue weighted by Crippen LogP contribution is 2.30. The van der Waals surface area contributed by atoms with Crippen molar-refractivity contribution in [1.29, 1.82) is 0 Å². The maximum atomic E-state index is 13.2. The predicted molar refractivity (Wildman–Crippen MR) is 125 cm³/mol. The van der Waals surface area contributed by atoms with E-state index in [1.807, 2.05) is 11.8 Å². The summed E-state index contributed by atoms with van der Waals surface area (Å²) in [7, 11) is 0. The number of amides is 1. The van der Waals surface area contributed by atoms with Crippen LogP contribution in [0.1, 0.15) is 87.6 Å². The molecular weight excluding hydrogens is 402 g/mol. The van der Waals surface area contributed by atoms with Crippen LogP contribution in [0.25, 0.3) is 5.65 Å². The van der Waals surface area contributed by atoms with E-state index in [2.05, 4.69) is 16.1 Å². The number of fused-ring (bicyclic) bond motifs is 2. The lowest BCUT2D eigenvalue weighted by Gasteiger charge is -2.35. The molecule has 1 amide bonds. The van der Waals surface area contributed by atoms with Gasteiger partial charge in [0, 0.05) is 43.6 Å². The van der Waals surface area contributed by atoms with Crippen LogP contribution < -0.4 is 5.56 Å². The number of carbonyl (C=O) groups excluding carboxylic acids is 1. The normalized spacial score (nSPS) is 21.2. The van der Waals surface area contributed by atoms with Crippen molar-refractivity contribution in [3.05, 3.63) is 33.4 Å². The third kappa shape index (κ3) is 4.36. The predicted octanol–water partition coefficient (Wildman–Crippen LogP) is 3.47. The molecule has 2 fully saturated rings. The van der Waals surface area contributed by atoms with Crippen molar-refractivity contribution in [2.24, 2.45) is 5.92 Å². The number of aromatic nitrogens is 3. The van der Waals surface area contributed by atoms with Gasteiger partial charge in [-0.3, -0.25) is 14.7 Å². The summed E-state index contributed by atoms with van der Waals surface area (Å²) in [4.78, 5) is 34.8. The molecule has 1 saturated carbocycles. The van der Waals surface area contributed by atoms with E-state index in [0.717, 1.165) is 55.3 Å². The number of H-pyrrole nitrogens is 1. The molecule has 4 heterocycles. The number of nitrogens with zero attached hydrogens (tertiary/aromatic N) is 4. The molecule has 1 aliphatic carbocycles. The Morgan fingerprint density at radius 1 is 1.12 bits per heavy atom. The minimum absolute atomic E-state index is 0.0417. The van der Waals surface area contributed by atoms with Crippen LogP contribution in [0.15, 0.2) is 10.9 Å². The number of likely N-dealkylation sites (tertiary alicyclic amines) is 1. The fourth-order valence-corrected chi connectivity index (χ4v) is 5.96. The molecule has 32 heavy (non-hydrogen) atoms. The molecule has 0 atom stereocenters. The van der Waals surface area contributed by atoms with Crippen molar-refractivity contribution in [3.63, 3.8) is 0 Å². The Morgan fingerprint density at radius 2 is 1.91 bits per heavy atom. The van der Waals surface area contributed by atoms with Gasteiger partial charge in [-0.1, -0.05) is 26.2 Å². The van der Waals surface area contributed by atoms with Crippen LogP contribution in [0, 0.1) is 5.92 Å². The molecule has 0 bridgehead atoms. The summed E-state index contributed by atoms with van der Waals surface area (Å²) < 4.78 is 1.61. The monoisotopic (exact) mass is 439 g/mol. The number of aromatic amines is 1. The lowest BCUT2D eigenvalue weighted by Crippen LogP contribution is -2.40. The van der Waals surface area contributed by atoms with Crippen molar-refractivity contribution >= 4 is 11.6 Å². The molecule has 2 aromatic heterocycles. The zero-order valence-electron chi connectivity index (χ0n) is 19.4. The van der Waals surface area contributed by atoms with Gasteiger partial charge in [0.1, 0.15) is 0 Å². The number of carbonyl (C=O) groups is 1. The Hall–Kier alpha value is -2.15. The first-order chi connectivity index (χ1) is 15.6. The molecule has 1 saturated heterocycles. The Bertz CT molecular complexity index is 1010. The van der Waals surface area contributed by atoms with E-state index < -0.39 is 0 Å². The van der Waals surface area contributed by atoms with Crippen molar-refractivity contribution < 1.29 is 4.79 Å². The molecule has 1 N–H and O–H groups in total. The molecule has 3 aliphatic rings. The lowest BCUT2D eigenvalue weighted by atomic mass is 9.87. The first kappa shape index (κ1) is 21.7. The molecule has 7 heteroatoms. The van der Waals surface area contributed by atoms with Gasteiger partial charge < -0.3 is 9.80 Å². The average Bonchev–Trinajstić information content (AvgIpc) is 3.25. The van der Waals surface area contributed by atoms with Gasteiger partial charge >= 0.3 is 0 Å². The van der Waals surface area contributed by atoms with Gasteiger partial charge in [0.05, 0.1) is 17.8 Å². The fourth-order valence-electron chi connectivity index (χ4n) is 5.96. The smallest absolute Gasteiger partial charge is 0.277 e. The van der Waals surface area contributed by atoms with E-state index in [4.69, 9.17) is 4.98 Å². The summed E-state index contributed by atoms with van der Waals surface area (Å²) in [6.07, 6.45) is 11.3. The van der Waals surface area contributed by atoms with Crippen LogP contribution in [0.5, 0.6) is 0 Å². The van der Waals surface area contributed by atoms with Crippen LogP contribution in [0.3, 0.4) is 0 Å². The highest BCUT2D eigenvalue weighted by Gasteiger charge is 2.27.